The van der Waals surface area contributed by atoms with Gasteiger partial charge in [0.2, 0.25) is 5.91 Å². The highest BCUT2D eigenvalue weighted by molar-refractivity contribution is 6.03. The van der Waals surface area contributed by atoms with Crippen LogP contribution >= 0.6 is 0 Å². The Morgan fingerprint density at radius 2 is 1.78 bits per heavy atom. The van der Waals surface area contributed by atoms with Gasteiger partial charge in [-0.3, -0.25) is 19.5 Å². The van der Waals surface area contributed by atoms with E-state index >= 15 is 0 Å². The lowest BCUT2D eigenvalue weighted by atomic mass is 10.1. The number of alkyl halides is 3. The van der Waals surface area contributed by atoms with Crippen molar-refractivity contribution < 1.29 is 27.5 Å². The summed E-state index contributed by atoms with van der Waals surface area (Å²) in [6.45, 7) is 4.44. The van der Waals surface area contributed by atoms with Crippen LogP contribution in [0.1, 0.15) is 22.3 Å². The summed E-state index contributed by atoms with van der Waals surface area (Å²) in [5, 5.41) is 9.02. The molecule has 2 aromatic carbocycles. The molecule has 11 heteroatoms. The fraction of sp³-hybridized carbons (Fsp3) is 0.346. The molecule has 0 unspecified atom stereocenters. The van der Waals surface area contributed by atoms with E-state index in [1.807, 2.05) is 0 Å². The summed E-state index contributed by atoms with van der Waals surface area (Å²) >= 11 is 0. The van der Waals surface area contributed by atoms with E-state index in [0.29, 0.717) is 28.9 Å². The molecule has 2 heterocycles. The zero-order valence-electron chi connectivity index (χ0n) is 20.1. The topological polar surface area (TPSA) is 95.6 Å². The first-order chi connectivity index (χ1) is 17.8. The predicted octanol–water partition coefficient (Wildman–Crippen LogP) is 3.57. The molecule has 0 spiro atoms. The maximum absolute atomic E-state index is 13.1. The van der Waals surface area contributed by atoms with Gasteiger partial charge < -0.3 is 20.7 Å². The standard InChI is InChI=1S/C26H28F3N5O3/c27-26(28,29)18-6-7-19-22(8-10-30-23(19)16-18)33-21-5-2-1-4-20(21)25(36)32-17-24(35)31-9-3-11-34-12-14-37-15-13-34/h1-2,4-8,10,16H,3,9,11-15,17H2,(H,30,33)(H,31,35)(H,32,36). The quantitative estimate of drug-likeness (QED) is 0.377. The molecule has 1 fully saturated rings. The van der Waals surface area contributed by atoms with Gasteiger partial charge in [-0.1, -0.05) is 18.2 Å². The van der Waals surface area contributed by atoms with Crippen molar-refractivity contribution in [3.63, 3.8) is 0 Å². The summed E-state index contributed by atoms with van der Waals surface area (Å²) in [4.78, 5) is 31.3. The number of ether oxygens (including phenoxy) is 1. The molecular weight excluding hydrogens is 487 g/mol. The summed E-state index contributed by atoms with van der Waals surface area (Å²) in [5.41, 5.74) is 0.616. The Bertz CT molecular complexity index is 1250. The van der Waals surface area contributed by atoms with Gasteiger partial charge in [0.25, 0.3) is 5.91 Å². The van der Waals surface area contributed by atoms with E-state index in [-0.39, 0.29) is 18.0 Å². The average Bonchev–Trinajstić information content (AvgIpc) is 2.90. The van der Waals surface area contributed by atoms with Crippen molar-refractivity contribution in [2.45, 2.75) is 12.6 Å². The number of amides is 2. The second-order valence-corrected chi connectivity index (χ2v) is 8.60. The molecule has 1 aliphatic rings. The Balaban J connectivity index is 1.34. The van der Waals surface area contributed by atoms with Crippen LogP contribution in [0.2, 0.25) is 0 Å². The van der Waals surface area contributed by atoms with Crippen molar-refractivity contribution in [2.75, 3.05) is 51.3 Å². The van der Waals surface area contributed by atoms with Crippen molar-refractivity contribution in [3.05, 3.63) is 65.9 Å². The minimum Gasteiger partial charge on any atom is -0.379 e. The number of carbonyl (C=O) groups is 2. The Labute approximate surface area is 212 Å². The Hall–Kier alpha value is -3.70. The van der Waals surface area contributed by atoms with Gasteiger partial charge >= 0.3 is 6.18 Å². The SMILES string of the molecule is O=C(CNC(=O)c1ccccc1Nc1ccnc2cc(C(F)(F)F)ccc12)NCCCN1CCOCC1. The number of halogens is 3. The number of carbonyl (C=O) groups excluding carboxylic acids is 2. The largest absolute Gasteiger partial charge is 0.416 e. The van der Waals surface area contributed by atoms with Crippen LogP contribution in [0.5, 0.6) is 0 Å². The van der Waals surface area contributed by atoms with Gasteiger partial charge in [-0.15, -0.1) is 0 Å². The highest BCUT2D eigenvalue weighted by atomic mass is 19.4. The number of hydrogen-bond donors (Lipinski definition) is 3. The van der Waals surface area contributed by atoms with Crippen LogP contribution in [-0.4, -0.2) is 67.6 Å². The van der Waals surface area contributed by atoms with Crippen LogP contribution < -0.4 is 16.0 Å². The Morgan fingerprint density at radius 3 is 2.57 bits per heavy atom. The van der Waals surface area contributed by atoms with Gasteiger partial charge in [-0.2, -0.15) is 13.2 Å². The molecule has 1 aliphatic heterocycles. The molecule has 0 radical (unpaired) electrons. The van der Waals surface area contributed by atoms with E-state index < -0.39 is 17.6 Å². The number of anilines is 2. The third-order valence-corrected chi connectivity index (χ3v) is 6.00. The summed E-state index contributed by atoms with van der Waals surface area (Å²) < 4.78 is 44.5. The van der Waals surface area contributed by atoms with E-state index in [0.717, 1.165) is 51.4 Å². The zero-order valence-corrected chi connectivity index (χ0v) is 20.1. The first-order valence-electron chi connectivity index (χ1n) is 12.0. The molecule has 0 saturated carbocycles. The van der Waals surface area contributed by atoms with Gasteiger partial charge in [-0.25, -0.2) is 0 Å². The lowest BCUT2D eigenvalue weighted by molar-refractivity contribution is -0.137. The van der Waals surface area contributed by atoms with E-state index in [9.17, 15) is 22.8 Å². The molecule has 0 aliphatic carbocycles. The molecule has 3 aromatic rings. The third kappa shape index (κ3) is 7.17. The molecule has 1 saturated heterocycles. The minimum absolute atomic E-state index is 0.173. The monoisotopic (exact) mass is 515 g/mol. The van der Waals surface area contributed by atoms with Crippen molar-refractivity contribution in [1.29, 1.82) is 0 Å². The van der Waals surface area contributed by atoms with Crippen LogP contribution in [0.3, 0.4) is 0 Å². The van der Waals surface area contributed by atoms with E-state index in [2.05, 4.69) is 25.8 Å². The number of nitrogens with one attached hydrogen (secondary N) is 3. The molecule has 196 valence electrons. The lowest BCUT2D eigenvalue weighted by Crippen LogP contribution is -2.40. The number of benzene rings is 2. The number of pyridine rings is 1. The summed E-state index contributed by atoms with van der Waals surface area (Å²) in [7, 11) is 0. The van der Waals surface area contributed by atoms with Crippen molar-refractivity contribution in [2.24, 2.45) is 0 Å². The molecule has 2 amide bonds. The second kappa shape index (κ2) is 12.0. The van der Waals surface area contributed by atoms with Crippen LogP contribution in [0.25, 0.3) is 10.9 Å². The number of fused-ring (bicyclic) bond motifs is 1. The minimum atomic E-state index is -4.47. The maximum atomic E-state index is 13.1. The molecule has 3 N–H and O–H groups in total. The van der Waals surface area contributed by atoms with E-state index in [4.69, 9.17) is 4.74 Å². The fourth-order valence-electron chi connectivity index (χ4n) is 4.04. The molecule has 1 aromatic heterocycles. The molecule has 0 atom stereocenters. The first-order valence-corrected chi connectivity index (χ1v) is 12.0. The molecular formula is C26H28F3N5O3. The van der Waals surface area contributed by atoms with Crippen molar-refractivity contribution >= 4 is 34.1 Å². The van der Waals surface area contributed by atoms with Crippen molar-refractivity contribution in [1.82, 2.24) is 20.5 Å². The smallest absolute Gasteiger partial charge is 0.379 e. The van der Waals surface area contributed by atoms with Gasteiger partial charge in [0.05, 0.1) is 42.1 Å². The van der Waals surface area contributed by atoms with E-state index in [1.165, 1.54) is 12.3 Å². The number of hydrogen-bond acceptors (Lipinski definition) is 6. The van der Waals surface area contributed by atoms with Gasteiger partial charge in [-0.05, 0) is 43.3 Å². The number of nitrogens with zero attached hydrogens (tertiary/aromatic N) is 2. The Morgan fingerprint density at radius 1 is 1.00 bits per heavy atom. The van der Waals surface area contributed by atoms with Crippen LogP contribution in [0.4, 0.5) is 24.5 Å². The first kappa shape index (κ1) is 26.4. The summed E-state index contributed by atoms with van der Waals surface area (Å²) in [6, 6.07) is 11.6. The maximum Gasteiger partial charge on any atom is 0.416 e. The second-order valence-electron chi connectivity index (χ2n) is 8.60. The van der Waals surface area contributed by atoms with Gasteiger partial charge in [0.15, 0.2) is 0 Å². The number of para-hydroxylation sites is 1. The third-order valence-electron chi connectivity index (χ3n) is 6.00. The molecule has 4 rings (SSSR count). The van der Waals surface area contributed by atoms with Gasteiger partial charge in [0, 0.05) is 36.9 Å². The van der Waals surface area contributed by atoms with Crippen LogP contribution in [0.15, 0.2) is 54.7 Å². The van der Waals surface area contributed by atoms with Crippen LogP contribution in [0, 0.1) is 0 Å². The number of aromatic nitrogens is 1. The Kier molecular flexibility index (Phi) is 8.57. The summed E-state index contributed by atoms with van der Waals surface area (Å²) in [5.74, 6) is -0.745. The van der Waals surface area contributed by atoms with Crippen molar-refractivity contribution in [3.8, 4) is 0 Å². The summed E-state index contributed by atoms with van der Waals surface area (Å²) in [6.07, 6.45) is -2.27. The zero-order chi connectivity index (χ0) is 26.3. The predicted molar refractivity (Wildman–Crippen MR) is 134 cm³/mol. The fourth-order valence-corrected chi connectivity index (χ4v) is 4.04. The molecule has 37 heavy (non-hydrogen) atoms. The number of morpholine rings is 1. The van der Waals surface area contributed by atoms with E-state index in [1.54, 1.807) is 30.3 Å². The molecule has 0 bridgehead atoms. The number of rotatable bonds is 9. The average molecular weight is 516 g/mol. The molecule has 8 nitrogen and oxygen atoms in total. The lowest BCUT2D eigenvalue weighted by Gasteiger charge is -2.26. The van der Waals surface area contributed by atoms with Gasteiger partial charge in [0.1, 0.15) is 0 Å². The highest BCUT2D eigenvalue weighted by Gasteiger charge is 2.30. The van der Waals surface area contributed by atoms with Crippen LogP contribution in [-0.2, 0) is 15.7 Å². The highest BCUT2D eigenvalue weighted by Crippen LogP contribution is 2.33. The normalized spacial score (nSPS) is 14.4.